The Morgan fingerprint density at radius 1 is 1.06 bits per heavy atom. The zero-order chi connectivity index (χ0) is 22.2. The van der Waals surface area contributed by atoms with Gasteiger partial charge in [-0.15, -0.1) is 0 Å². The molecule has 5 aromatic rings. The van der Waals surface area contributed by atoms with E-state index in [0.717, 1.165) is 10.1 Å². The number of aromatic nitrogens is 2. The van der Waals surface area contributed by atoms with Crippen molar-refractivity contribution in [3.8, 4) is 17.3 Å². The minimum atomic E-state index is -0.698. The lowest BCUT2D eigenvalue weighted by Gasteiger charge is -2.07. The third-order valence-electron chi connectivity index (χ3n) is 4.92. The lowest BCUT2D eigenvalue weighted by molar-refractivity contribution is -0.385. The summed E-state index contributed by atoms with van der Waals surface area (Å²) in [5.74, 6) is 0.0805. The second-order valence-corrected chi connectivity index (χ2v) is 6.97. The Morgan fingerprint density at radius 3 is 2.66 bits per heavy atom. The number of nitro groups is 1. The second-order valence-electron chi connectivity index (χ2n) is 6.97. The zero-order valence-electron chi connectivity index (χ0n) is 16.4. The summed E-state index contributed by atoms with van der Waals surface area (Å²) >= 11 is 0. The van der Waals surface area contributed by atoms with Crippen LogP contribution in [0.4, 0.5) is 5.69 Å². The van der Waals surface area contributed by atoms with Gasteiger partial charge in [0, 0.05) is 17.0 Å². The monoisotopic (exact) mass is 426 g/mol. The van der Waals surface area contributed by atoms with Crippen molar-refractivity contribution >= 4 is 33.8 Å². The van der Waals surface area contributed by atoms with Gasteiger partial charge in [-0.1, -0.05) is 30.3 Å². The number of phenolic OH excluding ortho intramolecular Hbond substituents is 1. The first-order valence-electron chi connectivity index (χ1n) is 9.54. The molecule has 0 saturated carbocycles. The molecule has 156 valence electrons. The topological polar surface area (TPSA) is 124 Å². The number of para-hydroxylation sites is 2. The average molecular weight is 426 g/mol. The molecule has 9 nitrogen and oxygen atoms in total. The summed E-state index contributed by atoms with van der Waals surface area (Å²) in [6.07, 6.45) is 1.29. The highest BCUT2D eigenvalue weighted by atomic mass is 16.6. The number of hydrogen-bond acceptors (Lipinski definition) is 7. The van der Waals surface area contributed by atoms with Crippen LogP contribution in [0.15, 0.2) is 87.1 Å². The van der Waals surface area contributed by atoms with Crippen molar-refractivity contribution in [2.24, 2.45) is 5.10 Å². The SMILES string of the molecule is O=c1c2ccccc2nc(-c2cc3ccccc3o2)n1N=Cc1ccc(O)c([N+](=O)[O-])c1. The average Bonchev–Trinajstić information content (AvgIpc) is 3.23. The van der Waals surface area contributed by atoms with Gasteiger partial charge in [0.2, 0.25) is 5.82 Å². The van der Waals surface area contributed by atoms with Gasteiger partial charge < -0.3 is 9.52 Å². The van der Waals surface area contributed by atoms with Crippen molar-refractivity contribution < 1.29 is 14.4 Å². The van der Waals surface area contributed by atoms with Gasteiger partial charge in [-0.2, -0.15) is 9.78 Å². The van der Waals surface area contributed by atoms with Crippen molar-refractivity contribution in [3.63, 3.8) is 0 Å². The number of aromatic hydroxyl groups is 1. The predicted octanol–water partition coefficient (Wildman–Crippen LogP) is 4.31. The number of nitrogens with zero attached hydrogens (tertiary/aromatic N) is 4. The quantitative estimate of drug-likeness (QED) is 0.259. The van der Waals surface area contributed by atoms with Crippen molar-refractivity contribution in [2.45, 2.75) is 0 Å². The second kappa shape index (κ2) is 7.47. The Balaban J connectivity index is 1.71. The molecule has 0 saturated heterocycles. The number of rotatable bonds is 4. The fourth-order valence-corrected chi connectivity index (χ4v) is 3.37. The van der Waals surface area contributed by atoms with Crippen LogP contribution >= 0.6 is 0 Å². The van der Waals surface area contributed by atoms with Gasteiger partial charge in [-0.25, -0.2) is 4.98 Å². The predicted molar refractivity (Wildman–Crippen MR) is 119 cm³/mol. The normalized spacial score (nSPS) is 11.5. The van der Waals surface area contributed by atoms with E-state index in [2.05, 4.69) is 10.1 Å². The molecular weight excluding hydrogens is 412 g/mol. The molecule has 5 rings (SSSR count). The summed E-state index contributed by atoms with van der Waals surface area (Å²) < 4.78 is 6.99. The number of hydrogen-bond donors (Lipinski definition) is 1. The van der Waals surface area contributed by atoms with Crippen molar-refractivity contribution in [2.75, 3.05) is 0 Å². The van der Waals surface area contributed by atoms with Crippen molar-refractivity contribution in [1.29, 1.82) is 0 Å². The van der Waals surface area contributed by atoms with E-state index in [9.17, 15) is 20.0 Å². The molecule has 0 fully saturated rings. The van der Waals surface area contributed by atoms with Gasteiger partial charge in [0.15, 0.2) is 11.5 Å². The summed E-state index contributed by atoms with van der Waals surface area (Å²) in [7, 11) is 0. The van der Waals surface area contributed by atoms with E-state index in [1.54, 1.807) is 36.4 Å². The third-order valence-corrected chi connectivity index (χ3v) is 4.92. The smallest absolute Gasteiger partial charge is 0.311 e. The molecule has 0 aliphatic carbocycles. The Bertz CT molecular complexity index is 1570. The summed E-state index contributed by atoms with van der Waals surface area (Å²) in [4.78, 5) is 28.2. The van der Waals surface area contributed by atoms with E-state index >= 15 is 0 Å². The molecule has 0 aliphatic rings. The molecule has 1 N–H and O–H groups in total. The molecule has 2 heterocycles. The van der Waals surface area contributed by atoms with E-state index in [1.807, 2.05) is 18.2 Å². The fraction of sp³-hybridized carbons (Fsp3) is 0. The van der Waals surface area contributed by atoms with E-state index in [-0.39, 0.29) is 5.82 Å². The van der Waals surface area contributed by atoms with E-state index in [0.29, 0.717) is 27.8 Å². The number of benzene rings is 3. The maximum Gasteiger partial charge on any atom is 0.311 e. The van der Waals surface area contributed by atoms with Crippen molar-refractivity contribution in [3.05, 3.63) is 98.8 Å². The van der Waals surface area contributed by atoms with Gasteiger partial charge in [-0.3, -0.25) is 14.9 Å². The van der Waals surface area contributed by atoms with E-state index in [1.165, 1.54) is 24.4 Å². The first kappa shape index (κ1) is 19.2. The van der Waals surface area contributed by atoms with Crippen LogP contribution in [0.25, 0.3) is 33.5 Å². The summed E-state index contributed by atoms with van der Waals surface area (Å²) in [5, 5.41) is 26.2. The minimum absolute atomic E-state index is 0.189. The standard InChI is InChI=1S/C23H14N4O5/c28-19-10-9-14(11-18(19)27(30)31)13-24-26-22(21-12-15-5-1-4-8-20(15)32-21)25-17-7-3-2-6-16(17)23(26)29/h1-13,28H. The molecule has 0 aliphatic heterocycles. The van der Waals surface area contributed by atoms with Crippen LogP contribution in [-0.2, 0) is 0 Å². The van der Waals surface area contributed by atoms with Crippen molar-refractivity contribution in [1.82, 2.24) is 9.66 Å². The fourth-order valence-electron chi connectivity index (χ4n) is 3.37. The molecule has 9 heteroatoms. The number of phenols is 1. The Hall–Kier alpha value is -4.79. The van der Waals surface area contributed by atoms with Crippen LogP contribution < -0.4 is 5.56 Å². The van der Waals surface area contributed by atoms with E-state index < -0.39 is 21.9 Å². The van der Waals surface area contributed by atoms with Crippen LogP contribution in [0.3, 0.4) is 0 Å². The third kappa shape index (κ3) is 3.27. The molecule has 3 aromatic carbocycles. The highest BCUT2D eigenvalue weighted by Crippen LogP contribution is 2.28. The van der Waals surface area contributed by atoms with Crippen LogP contribution in [0.5, 0.6) is 5.75 Å². The summed E-state index contributed by atoms with van der Waals surface area (Å²) in [5.41, 5.74) is 0.561. The van der Waals surface area contributed by atoms with Gasteiger partial charge in [0.1, 0.15) is 5.58 Å². The molecule has 0 amide bonds. The molecule has 0 unspecified atom stereocenters. The summed E-state index contributed by atoms with van der Waals surface area (Å²) in [6, 6.07) is 19.8. The lowest BCUT2D eigenvalue weighted by atomic mass is 10.2. The van der Waals surface area contributed by atoms with E-state index in [4.69, 9.17) is 4.42 Å². The maximum atomic E-state index is 13.2. The van der Waals surface area contributed by atoms with Gasteiger partial charge in [0.05, 0.1) is 22.0 Å². The van der Waals surface area contributed by atoms with Crippen LogP contribution in [0, 0.1) is 10.1 Å². The lowest BCUT2D eigenvalue weighted by Crippen LogP contribution is -2.20. The summed E-state index contributed by atoms with van der Waals surface area (Å²) in [6.45, 7) is 0. The number of nitro benzene ring substituents is 1. The van der Waals surface area contributed by atoms with Gasteiger partial charge >= 0.3 is 5.69 Å². The Kier molecular flexibility index (Phi) is 4.48. The maximum absolute atomic E-state index is 13.2. The molecule has 32 heavy (non-hydrogen) atoms. The highest BCUT2D eigenvalue weighted by Gasteiger charge is 2.17. The molecule has 2 aromatic heterocycles. The number of furan rings is 1. The Morgan fingerprint density at radius 2 is 1.84 bits per heavy atom. The molecule has 0 radical (unpaired) electrons. The highest BCUT2D eigenvalue weighted by molar-refractivity contribution is 5.85. The Labute approximate surface area is 179 Å². The minimum Gasteiger partial charge on any atom is -0.502 e. The van der Waals surface area contributed by atoms with Gasteiger partial charge in [0.25, 0.3) is 5.56 Å². The van der Waals surface area contributed by atoms with Gasteiger partial charge in [-0.05, 0) is 36.4 Å². The molecule has 0 atom stereocenters. The van der Waals surface area contributed by atoms with Crippen LogP contribution in [0.1, 0.15) is 5.56 Å². The van der Waals surface area contributed by atoms with Crippen LogP contribution in [0.2, 0.25) is 0 Å². The molecular formula is C23H14N4O5. The molecule has 0 bridgehead atoms. The first-order valence-corrected chi connectivity index (χ1v) is 9.54. The zero-order valence-corrected chi connectivity index (χ0v) is 16.4. The molecule has 0 spiro atoms. The largest absolute Gasteiger partial charge is 0.502 e. The van der Waals surface area contributed by atoms with Crippen LogP contribution in [-0.4, -0.2) is 25.9 Å². The first-order chi connectivity index (χ1) is 15.5. The number of fused-ring (bicyclic) bond motifs is 2.